The van der Waals surface area contributed by atoms with Crippen LogP contribution in [0.5, 0.6) is 0 Å². The molecule has 2 N–H and O–H groups in total. The van der Waals surface area contributed by atoms with Crippen molar-refractivity contribution in [1.82, 2.24) is 4.90 Å². The molecule has 0 amide bonds. The molecule has 0 aromatic heterocycles. The fourth-order valence-electron chi connectivity index (χ4n) is 3.32. The van der Waals surface area contributed by atoms with E-state index in [4.69, 9.17) is 10.5 Å². The quantitative estimate of drug-likeness (QED) is 0.724. The van der Waals surface area contributed by atoms with Gasteiger partial charge in [-0.15, -0.1) is 0 Å². The Kier molecular flexibility index (Phi) is 2.03. The Morgan fingerprint density at radius 1 is 1.44 bits per heavy atom. The van der Waals surface area contributed by atoms with Crippen LogP contribution in [0.4, 0.5) is 0 Å². The maximum atomic E-state index is 6.05. The first-order chi connectivity index (χ1) is 7.53. The van der Waals surface area contributed by atoms with Crippen molar-refractivity contribution in [3.05, 3.63) is 0 Å². The van der Waals surface area contributed by atoms with Crippen LogP contribution in [0.2, 0.25) is 0 Å². The summed E-state index contributed by atoms with van der Waals surface area (Å²) in [6.45, 7) is 6.04. The number of rotatable bonds is 1. The van der Waals surface area contributed by atoms with Gasteiger partial charge in [-0.25, -0.2) is 0 Å². The zero-order chi connectivity index (χ0) is 11.4. The van der Waals surface area contributed by atoms with E-state index in [1.807, 2.05) is 0 Å². The first kappa shape index (κ1) is 10.4. The van der Waals surface area contributed by atoms with Gasteiger partial charge in [0.1, 0.15) is 0 Å². The van der Waals surface area contributed by atoms with E-state index in [9.17, 15) is 0 Å². The van der Waals surface area contributed by atoms with Crippen molar-refractivity contribution >= 4 is 5.96 Å². The van der Waals surface area contributed by atoms with E-state index in [1.165, 1.54) is 12.8 Å². The van der Waals surface area contributed by atoms with Crippen LogP contribution in [-0.4, -0.2) is 41.2 Å². The molecular weight excluding hydrogens is 202 g/mol. The van der Waals surface area contributed by atoms with Crippen molar-refractivity contribution in [3.63, 3.8) is 0 Å². The van der Waals surface area contributed by atoms with E-state index in [0.29, 0.717) is 6.04 Å². The first-order valence-corrected chi connectivity index (χ1v) is 6.26. The summed E-state index contributed by atoms with van der Waals surface area (Å²) in [7, 11) is 0. The molecule has 4 heteroatoms. The number of hydrogen-bond acceptors (Lipinski definition) is 4. The van der Waals surface area contributed by atoms with Gasteiger partial charge >= 0.3 is 0 Å². The standard InChI is InChI=1S/C12H21N3O/c1-11(2)7-12(5-6-16-11)8-14-10(13)15(12)9-3-4-9/h9H,3-8H2,1-2H3,(H2,13,14). The van der Waals surface area contributed by atoms with Gasteiger partial charge in [0.2, 0.25) is 0 Å². The summed E-state index contributed by atoms with van der Waals surface area (Å²) in [4.78, 5) is 6.89. The van der Waals surface area contributed by atoms with Gasteiger partial charge in [-0.05, 0) is 33.1 Å². The lowest BCUT2D eigenvalue weighted by molar-refractivity contribution is -0.102. The smallest absolute Gasteiger partial charge is 0.192 e. The van der Waals surface area contributed by atoms with E-state index in [1.54, 1.807) is 0 Å². The third kappa shape index (κ3) is 1.51. The summed E-state index contributed by atoms with van der Waals surface area (Å²) in [6, 6.07) is 0.653. The van der Waals surface area contributed by atoms with Gasteiger partial charge in [0.25, 0.3) is 0 Å². The molecule has 90 valence electrons. The minimum atomic E-state index is -0.0362. The van der Waals surface area contributed by atoms with Crippen molar-refractivity contribution in [1.29, 1.82) is 0 Å². The van der Waals surface area contributed by atoms with Gasteiger partial charge in [0.15, 0.2) is 5.96 Å². The molecule has 0 radical (unpaired) electrons. The van der Waals surface area contributed by atoms with Crippen molar-refractivity contribution < 1.29 is 4.74 Å². The van der Waals surface area contributed by atoms with Gasteiger partial charge in [-0.3, -0.25) is 4.99 Å². The zero-order valence-corrected chi connectivity index (χ0v) is 10.2. The highest BCUT2D eigenvalue weighted by Crippen LogP contribution is 2.44. The van der Waals surface area contributed by atoms with Crippen LogP contribution in [0.1, 0.15) is 39.5 Å². The lowest BCUT2D eigenvalue weighted by atomic mass is 9.80. The Labute approximate surface area is 96.8 Å². The molecule has 1 atom stereocenters. The van der Waals surface area contributed by atoms with Gasteiger partial charge in [0.05, 0.1) is 17.7 Å². The molecule has 2 fully saturated rings. The Bertz CT molecular complexity index is 335. The highest BCUT2D eigenvalue weighted by atomic mass is 16.5. The Hall–Kier alpha value is -0.770. The molecule has 0 bridgehead atoms. The summed E-state index contributed by atoms with van der Waals surface area (Å²) < 4.78 is 5.82. The van der Waals surface area contributed by atoms with Crippen molar-refractivity contribution in [2.45, 2.75) is 56.7 Å². The molecule has 0 aromatic carbocycles. The van der Waals surface area contributed by atoms with Crippen molar-refractivity contribution in [2.24, 2.45) is 10.7 Å². The molecule has 1 unspecified atom stereocenters. The molecular formula is C12H21N3O. The van der Waals surface area contributed by atoms with Gasteiger partial charge in [-0.2, -0.15) is 0 Å². The van der Waals surface area contributed by atoms with Crippen LogP contribution in [0.3, 0.4) is 0 Å². The second kappa shape index (κ2) is 3.13. The third-order valence-corrected chi connectivity index (χ3v) is 4.02. The number of aliphatic imine (C=N–C) groups is 1. The van der Waals surface area contributed by atoms with Crippen LogP contribution in [0.15, 0.2) is 4.99 Å². The largest absolute Gasteiger partial charge is 0.375 e. The summed E-state index contributed by atoms with van der Waals surface area (Å²) in [5.74, 6) is 0.764. The molecule has 4 nitrogen and oxygen atoms in total. The number of nitrogens with zero attached hydrogens (tertiary/aromatic N) is 2. The first-order valence-electron chi connectivity index (χ1n) is 6.26. The van der Waals surface area contributed by atoms with E-state index in [2.05, 4.69) is 23.7 Å². The van der Waals surface area contributed by atoms with E-state index >= 15 is 0 Å². The van der Waals surface area contributed by atoms with E-state index < -0.39 is 0 Å². The molecule has 1 aliphatic carbocycles. The zero-order valence-electron chi connectivity index (χ0n) is 10.2. The lowest BCUT2D eigenvalue weighted by Crippen LogP contribution is -2.59. The number of guanidine groups is 1. The average molecular weight is 223 g/mol. The molecule has 1 saturated carbocycles. The second-order valence-electron chi connectivity index (χ2n) is 6.03. The molecule has 0 aromatic rings. The molecule has 2 heterocycles. The number of nitrogens with two attached hydrogens (primary N) is 1. The normalized spacial score (nSPS) is 37.9. The van der Waals surface area contributed by atoms with Gasteiger partial charge in [-0.1, -0.05) is 0 Å². The van der Waals surface area contributed by atoms with Crippen LogP contribution in [0.25, 0.3) is 0 Å². The molecule has 3 rings (SSSR count). The second-order valence-corrected chi connectivity index (χ2v) is 6.03. The Balaban J connectivity index is 1.87. The van der Waals surface area contributed by atoms with Crippen LogP contribution in [-0.2, 0) is 4.74 Å². The molecule has 16 heavy (non-hydrogen) atoms. The maximum Gasteiger partial charge on any atom is 0.192 e. The topological polar surface area (TPSA) is 50.9 Å². The van der Waals surface area contributed by atoms with Gasteiger partial charge in [0, 0.05) is 19.1 Å². The van der Waals surface area contributed by atoms with Crippen LogP contribution >= 0.6 is 0 Å². The maximum absolute atomic E-state index is 6.05. The van der Waals surface area contributed by atoms with Crippen molar-refractivity contribution in [3.8, 4) is 0 Å². The molecule has 2 aliphatic heterocycles. The van der Waals surface area contributed by atoms with Crippen LogP contribution < -0.4 is 5.73 Å². The fraction of sp³-hybridized carbons (Fsp3) is 0.917. The van der Waals surface area contributed by atoms with Gasteiger partial charge < -0.3 is 15.4 Å². The average Bonchev–Trinajstić information content (AvgIpc) is 2.94. The molecule has 1 saturated heterocycles. The summed E-state index contributed by atoms with van der Waals surface area (Å²) in [5.41, 5.74) is 6.17. The molecule has 1 spiro atoms. The third-order valence-electron chi connectivity index (χ3n) is 4.02. The minimum Gasteiger partial charge on any atom is -0.375 e. The number of ether oxygens (including phenoxy) is 1. The summed E-state index contributed by atoms with van der Waals surface area (Å²) in [5, 5.41) is 0. The predicted octanol–water partition coefficient (Wildman–Crippen LogP) is 1.11. The fourth-order valence-corrected chi connectivity index (χ4v) is 3.32. The predicted molar refractivity (Wildman–Crippen MR) is 63.3 cm³/mol. The van der Waals surface area contributed by atoms with E-state index in [0.717, 1.165) is 32.0 Å². The Morgan fingerprint density at radius 2 is 2.19 bits per heavy atom. The Morgan fingerprint density at radius 3 is 2.81 bits per heavy atom. The SMILES string of the molecule is CC1(C)CC2(CCO1)CN=C(N)N2C1CC1. The monoisotopic (exact) mass is 223 g/mol. The van der Waals surface area contributed by atoms with E-state index in [-0.39, 0.29) is 11.1 Å². The summed E-state index contributed by atoms with van der Waals surface area (Å²) in [6.07, 6.45) is 4.66. The van der Waals surface area contributed by atoms with Crippen LogP contribution in [0, 0.1) is 0 Å². The highest BCUT2D eigenvalue weighted by Gasteiger charge is 2.52. The summed E-state index contributed by atoms with van der Waals surface area (Å²) >= 11 is 0. The van der Waals surface area contributed by atoms with Crippen molar-refractivity contribution in [2.75, 3.05) is 13.2 Å². The highest BCUT2D eigenvalue weighted by molar-refractivity contribution is 5.81. The number of hydrogen-bond donors (Lipinski definition) is 1. The minimum absolute atomic E-state index is 0.0362. The molecule has 3 aliphatic rings. The lowest BCUT2D eigenvalue weighted by Gasteiger charge is -2.48.